The number of halogens is 4. The second kappa shape index (κ2) is 4.13. The van der Waals surface area contributed by atoms with Gasteiger partial charge in [0.1, 0.15) is 11.4 Å². The summed E-state index contributed by atoms with van der Waals surface area (Å²) in [6.07, 6.45) is -4.11. The van der Waals surface area contributed by atoms with Crippen LogP contribution in [0.15, 0.2) is 18.2 Å². The van der Waals surface area contributed by atoms with Gasteiger partial charge in [0.05, 0.1) is 16.4 Å². The summed E-state index contributed by atoms with van der Waals surface area (Å²) < 4.78 is 41.7. The lowest BCUT2D eigenvalue weighted by Gasteiger charge is -2.25. The molecule has 0 N–H and O–H groups in total. The lowest BCUT2D eigenvalue weighted by Crippen LogP contribution is -2.36. The van der Waals surface area contributed by atoms with Crippen molar-refractivity contribution in [2.24, 2.45) is 0 Å². The minimum atomic E-state index is -4.29. The van der Waals surface area contributed by atoms with E-state index >= 15 is 0 Å². The average molecular weight is 303 g/mol. The molecule has 6 heteroatoms. The quantitative estimate of drug-likeness (QED) is 0.736. The Kier molecular flexibility index (Phi) is 2.84. The summed E-state index contributed by atoms with van der Waals surface area (Å²) in [5, 5.41) is -0.568. The zero-order valence-electron chi connectivity index (χ0n) is 11.1. The van der Waals surface area contributed by atoms with Crippen molar-refractivity contribution in [3.63, 3.8) is 0 Å². The first kappa shape index (κ1) is 13.7. The Morgan fingerprint density at radius 3 is 2.50 bits per heavy atom. The van der Waals surface area contributed by atoms with Gasteiger partial charge in [-0.05, 0) is 38.3 Å². The number of alkyl halides is 4. The fourth-order valence-electron chi connectivity index (χ4n) is 2.76. The van der Waals surface area contributed by atoms with Crippen LogP contribution in [0.5, 0.6) is 0 Å². The third-order valence-electron chi connectivity index (χ3n) is 3.94. The van der Waals surface area contributed by atoms with Crippen molar-refractivity contribution >= 4 is 22.6 Å². The topological polar surface area (TPSA) is 17.8 Å². The molecular weight excluding hydrogens is 289 g/mol. The van der Waals surface area contributed by atoms with E-state index < -0.39 is 17.1 Å². The molecule has 2 nitrogen and oxygen atoms in total. The summed E-state index contributed by atoms with van der Waals surface area (Å²) >= 11 is 6.07. The van der Waals surface area contributed by atoms with Gasteiger partial charge in [-0.3, -0.25) is 0 Å². The van der Waals surface area contributed by atoms with Gasteiger partial charge in [-0.25, -0.2) is 4.98 Å². The van der Waals surface area contributed by atoms with Gasteiger partial charge >= 0.3 is 6.18 Å². The predicted molar refractivity (Wildman–Crippen MR) is 72.0 cm³/mol. The predicted octanol–water partition coefficient (Wildman–Crippen LogP) is 4.70. The largest absolute Gasteiger partial charge is 0.412 e. The number of hydrogen-bond donors (Lipinski definition) is 0. The van der Waals surface area contributed by atoms with Crippen molar-refractivity contribution in [1.82, 2.24) is 9.55 Å². The molecule has 1 aromatic carbocycles. The van der Waals surface area contributed by atoms with Crippen LogP contribution in [-0.4, -0.2) is 15.7 Å². The maximum Gasteiger partial charge on any atom is 0.412 e. The lowest BCUT2D eigenvalue weighted by molar-refractivity contribution is -0.179. The molecule has 1 aliphatic rings. The average Bonchev–Trinajstić information content (AvgIpc) is 3.04. The molecule has 1 saturated carbocycles. The monoisotopic (exact) mass is 302 g/mol. The third-order valence-corrected chi connectivity index (χ3v) is 4.13. The Hall–Kier alpha value is -1.23. The van der Waals surface area contributed by atoms with E-state index in [1.165, 1.54) is 4.57 Å². The van der Waals surface area contributed by atoms with Gasteiger partial charge in [0.2, 0.25) is 0 Å². The maximum absolute atomic E-state index is 13.5. The SMILES string of the molecule is Cc1cccc2nc(C(C)Cl)n(C3(C(F)(F)F)CC3)c12. The smallest absolute Gasteiger partial charge is 0.311 e. The Morgan fingerprint density at radius 2 is 2.00 bits per heavy atom. The number of benzene rings is 1. The summed E-state index contributed by atoms with van der Waals surface area (Å²) in [7, 11) is 0. The second-order valence-electron chi connectivity index (χ2n) is 5.39. The molecule has 0 amide bonds. The molecule has 0 bridgehead atoms. The van der Waals surface area contributed by atoms with Crippen molar-refractivity contribution in [1.29, 1.82) is 0 Å². The normalized spacial score (nSPS) is 19.3. The first-order valence-electron chi connectivity index (χ1n) is 6.47. The van der Waals surface area contributed by atoms with Crippen LogP contribution in [-0.2, 0) is 5.54 Å². The van der Waals surface area contributed by atoms with E-state index in [9.17, 15) is 13.2 Å². The number of aromatic nitrogens is 2. The number of hydrogen-bond acceptors (Lipinski definition) is 1. The Morgan fingerprint density at radius 1 is 1.35 bits per heavy atom. The van der Waals surface area contributed by atoms with E-state index in [-0.39, 0.29) is 12.8 Å². The minimum Gasteiger partial charge on any atom is -0.311 e. The van der Waals surface area contributed by atoms with Gasteiger partial charge in [-0.2, -0.15) is 13.2 Å². The van der Waals surface area contributed by atoms with E-state index in [1.54, 1.807) is 32.0 Å². The number of fused-ring (bicyclic) bond motifs is 1. The molecule has 1 fully saturated rings. The maximum atomic E-state index is 13.5. The summed E-state index contributed by atoms with van der Waals surface area (Å²) in [6, 6.07) is 5.33. The number of nitrogens with zero attached hydrogens (tertiary/aromatic N) is 2. The fourth-order valence-corrected chi connectivity index (χ4v) is 2.91. The van der Waals surface area contributed by atoms with Crippen molar-refractivity contribution < 1.29 is 13.2 Å². The lowest BCUT2D eigenvalue weighted by atomic mass is 10.1. The number of aryl methyl sites for hydroxylation is 1. The number of imidazole rings is 1. The molecule has 1 heterocycles. The fraction of sp³-hybridized carbons (Fsp3) is 0.500. The van der Waals surface area contributed by atoms with Crippen molar-refractivity contribution in [2.75, 3.05) is 0 Å². The number of para-hydroxylation sites is 1. The molecule has 0 radical (unpaired) electrons. The van der Waals surface area contributed by atoms with Crippen LogP contribution in [0, 0.1) is 6.92 Å². The van der Waals surface area contributed by atoms with Gasteiger partial charge in [-0.15, -0.1) is 11.6 Å². The van der Waals surface area contributed by atoms with Crippen molar-refractivity contribution in [3.8, 4) is 0 Å². The van der Waals surface area contributed by atoms with Crippen LogP contribution in [0.4, 0.5) is 13.2 Å². The molecule has 1 atom stereocenters. The zero-order chi connectivity index (χ0) is 14.7. The standard InChI is InChI=1S/C14H14ClF3N2/c1-8-4-3-5-10-11(8)20(12(19-10)9(2)15)13(6-7-13)14(16,17)18/h3-5,9H,6-7H2,1-2H3. The van der Waals surface area contributed by atoms with E-state index in [0.29, 0.717) is 16.9 Å². The molecule has 2 aromatic rings. The molecule has 3 rings (SSSR count). The molecule has 20 heavy (non-hydrogen) atoms. The van der Waals surface area contributed by atoms with Crippen LogP contribution < -0.4 is 0 Å². The van der Waals surface area contributed by atoms with Crippen LogP contribution in [0.1, 0.15) is 36.5 Å². The van der Waals surface area contributed by atoms with Gasteiger partial charge < -0.3 is 4.57 Å². The van der Waals surface area contributed by atoms with Crippen LogP contribution in [0.3, 0.4) is 0 Å². The molecule has 1 unspecified atom stereocenters. The summed E-state index contributed by atoms with van der Waals surface area (Å²) in [5.74, 6) is 0.297. The first-order chi connectivity index (χ1) is 9.28. The highest BCUT2D eigenvalue weighted by atomic mass is 35.5. The van der Waals surface area contributed by atoms with E-state index in [0.717, 1.165) is 5.56 Å². The molecule has 1 aromatic heterocycles. The highest BCUT2D eigenvalue weighted by molar-refractivity contribution is 6.20. The van der Waals surface area contributed by atoms with Crippen LogP contribution in [0.2, 0.25) is 0 Å². The molecule has 1 aliphatic carbocycles. The summed E-state index contributed by atoms with van der Waals surface area (Å²) in [5.41, 5.74) is 0.0775. The highest BCUT2D eigenvalue weighted by Gasteiger charge is 2.66. The molecule has 0 spiro atoms. The van der Waals surface area contributed by atoms with Gasteiger partial charge in [-0.1, -0.05) is 12.1 Å². The second-order valence-corrected chi connectivity index (χ2v) is 6.05. The molecular formula is C14H14ClF3N2. The van der Waals surface area contributed by atoms with Crippen LogP contribution >= 0.6 is 11.6 Å². The third kappa shape index (κ3) is 1.75. The molecule has 0 saturated heterocycles. The molecule has 108 valence electrons. The Balaban J connectivity index is 2.36. The highest BCUT2D eigenvalue weighted by Crippen LogP contribution is 2.57. The Labute approximate surface area is 119 Å². The van der Waals surface area contributed by atoms with Gasteiger partial charge in [0.25, 0.3) is 0 Å². The molecule has 0 aliphatic heterocycles. The van der Waals surface area contributed by atoms with Gasteiger partial charge in [0.15, 0.2) is 0 Å². The zero-order valence-corrected chi connectivity index (χ0v) is 11.9. The van der Waals surface area contributed by atoms with Gasteiger partial charge in [0, 0.05) is 0 Å². The van der Waals surface area contributed by atoms with Crippen molar-refractivity contribution in [2.45, 2.75) is 43.8 Å². The summed E-state index contributed by atoms with van der Waals surface area (Å²) in [6.45, 7) is 3.46. The minimum absolute atomic E-state index is 0.0902. The van der Waals surface area contributed by atoms with E-state index in [4.69, 9.17) is 11.6 Å². The number of rotatable bonds is 2. The summed E-state index contributed by atoms with van der Waals surface area (Å²) in [4.78, 5) is 4.32. The Bertz CT molecular complexity index is 669. The van der Waals surface area contributed by atoms with E-state index in [1.807, 2.05) is 0 Å². The van der Waals surface area contributed by atoms with Crippen LogP contribution in [0.25, 0.3) is 11.0 Å². The van der Waals surface area contributed by atoms with E-state index in [2.05, 4.69) is 4.98 Å². The first-order valence-corrected chi connectivity index (χ1v) is 6.91. The van der Waals surface area contributed by atoms with Crippen molar-refractivity contribution in [3.05, 3.63) is 29.6 Å².